The summed E-state index contributed by atoms with van der Waals surface area (Å²) >= 11 is 0. The highest BCUT2D eigenvalue weighted by Gasteiger charge is 2.43. The van der Waals surface area contributed by atoms with E-state index < -0.39 is 54.2 Å². The van der Waals surface area contributed by atoms with Crippen LogP contribution in [0.3, 0.4) is 0 Å². The highest BCUT2D eigenvalue weighted by atomic mass is 16.5. The second-order valence-corrected chi connectivity index (χ2v) is 19.0. The molecule has 2 saturated heterocycles. The molecule has 3 heterocycles. The molecule has 1 aliphatic carbocycles. The molecule has 0 aromatic heterocycles. The minimum Gasteiger partial charge on any atom is -0.461 e. The van der Waals surface area contributed by atoms with Gasteiger partial charge in [0.1, 0.15) is 24.0 Å². The topological polar surface area (TPSA) is 158 Å². The molecule has 2 bridgehead atoms. The number of aliphatic hydroxyl groups is 2. The zero-order valence-electron chi connectivity index (χ0n) is 39.2. The lowest BCUT2D eigenvalue weighted by Gasteiger charge is -2.38. The number of amides is 1. The van der Waals surface area contributed by atoms with E-state index >= 15 is 0 Å². The molecular weight excluding hydrogens is 791 g/mol. The van der Waals surface area contributed by atoms with Gasteiger partial charge in [0, 0.05) is 59.0 Å². The van der Waals surface area contributed by atoms with Crippen LogP contribution in [0.15, 0.2) is 47.6 Å². The van der Waals surface area contributed by atoms with Crippen LogP contribution in [-0.4, -0.2) is 121 Å². The average molecular weight is 870 g/mol. The standard InChI is InChI=1S/C50H79NO11/c1-31-15-11-10-12-16-32(2)44(58-7)28-38-21-18-33(3)48(61-38)47(55)49(56)51-24-14-13-17-40(51)50(57)62-39(22-19-37-20-23-41(52)46(27-37)60-9)29-45(59-8)36(6)26-35(5)43(54)30-42(53)34(4)25-31/h10-12,15-16,26,31,33-34,36-41,43-46,48,52,54H,13-14,17-25,27-30H2,1-9H3/b12-10?,15-11+,32-16?,35-26+/t31-,33-,34-,36-,37-,38?,39-,40+,41-,43+,44+,45-,46-,48?/m1/s1. The Labute approximate surface area is 371 Å². The second kappa shape index (κ2) is 25.5. The summed E-state index contributed by atoms with van der Waals surface area (Å²) in [7, 11) is 4.89. The average Bonchev–Trinajstić information content (AvgIpc) is 3.25. The molecule has 4 aliphatic rings. The third-order valence-corrected chi connectivity index (χ3v) is 14.0. The molecule has 0 aromatic carbocycles. The number of Topliss-reactive ketones (excluding diaryl/α,β-unsaturated/α-hetero) is 2. The van der Waals surface area contributed by atoms with Gasteiger partial charge in [-0.2, -0.15) is 0 Å². The SMILES string of the molecule is CO[C@H]1CC2CC[C@@H](C)C(O2)C(=O)C(=O)N2CCCC[C@H]2C(=O)O[C@H](CC[C@@H]2CC[C@@H](O)[C@H](OC)C2)C[C@@H](OC)[C@H](C)/C=C(\C)[C@@H](O)CC(=O)[C@H](C)C[C@H](C)/C=C/C=CC=C1C. The lowest BCUT2D eigenvalue weighted by atomic mass is 9.81. The van der Waals surface area contributed by atoms with Crippen molar-refractivity contribution in [3.05, 3.63) is 47.6 Å². The summed E-state index contributed by atoms with van der Waals surface area (Å²) in [6.07, 6.45) is 15.9. The van der Waals surface area contributed by atoms with Crippen LogP contribution < -0.4 is 0 Å². The molecule has 3 aliphatic heterocycles. The summed E-state index contributed by atoms with van der Waals surface area (Å²) in [6.45, 7) is 12.0. The van der Waals surface area contributed by atoms with Crippen LogP contribution in [0, 0.1) is 29.6 Å². The van der Waals surface area contributed by atoms with Gasteiger partial charge in [-0.3, -0.25) is 14.4 Å². The predicted molar refractivity (Wildman–Crippen MR) is 239 cm³/mol. The van der Waals surface area contributed by atoms with Gasteiger partial charge in [-0.15, -0.1) is 0 Å². The second-order valence-electron chi connectivity index (χ2n) is 19.0. The number of carbonyl (C=O) groups is 4. The largest absolute Gasteiger partial charge is 0.461 e. The molecule has 14 atom stereocenters. The van der Waals surface area contributed by atoms with Crippen LogP contribution in [0.1, 0.15) is 131 Å². The van der Waals surface area contributed by atoms with Crippen molar-refractivity contribution >= 4 is 23.4 Å². The van der Waals surface area contributed by atoms with Gasteiger partial charge < -0.3 is 38.8 Å². The van der Waals surface area contributed by atoms with Crippen LogP contribution in [-0.2, 0) is 42.9 Å². The Morgan fingerprint density at radius 2 is 1.52 bits per heavy atom. The molecule has 62 heavy (non-hydrogen) atoms. The Kier molecular flexibility index (Phi) is 21.2. The first kappa shape index (κ1) is 51.6. The van der Waals surface area contributed by atoms with Crippen molar-refractivity contribution in [3.8, 4) is 0 Å². The molecule has 12 nitrogen and oxygen atoms in total. The molecule has 2 N–H and O–H groups in total. The van der Waals surface area contributed by atoms with Gasteiger partial charge in [0.05, 0.1) is 36.6 Å². The summed E-state index contributed by atoms with van der Waals surface area (Å²) in [5, 5.41) is 21.6. The van der Waals surface area contributed by atoms with E-state index in [0.29, 0.717) is 69.8 Å². The van der Waals surface area contributed by atoms with Crippen molar-refractivity contribution in [3.63, 3.8) is 0 Å². The smallest absolute Gasteiger partial charge is 0.329 e. The summed E-state index contributed by atoms with van der Waals surface area (Å²) in [4.78, 5) is 57.3. The third kappa shape index (κ3) is 15.0. The number of aliphatic hydroxyl groups excluding tert-OH is 2. The predicted octanol–water partition coefficient (Wildman–Crippen LogP) is 7.44. The number of rotatable bonds is 6. The molecule has 0 spiro atoms. The lowest BCUT2D eigenvalue weighted by Crippen LogP contribution is -2.55. The summed E-state index contributed by atoms with van der Waals surface area (Å²) < 4.78 is 30.3. The summed E-state index contributed by atoms with van der Waals surface area (Å²) in [5.41, 5.74) is 1.66. The molecule has 2 unspecified atom stereocenters. The van der Waals surface area contributed by atoms with Gasteiger partial charge in [-0.1, -0.05) is 64.2 Å². The minimum atomic E-state index is -0.949. The van der Waals surface area contributed by atoms with Gasteiger partial charge in [0.15, 0.2) is 0 Å². The van der Waals surface area contributed by atoms with E-state index in [0.717, 1.165) is 24.8 Å². The molecule has 0 radical (unpaired) electrons. The van der Waals surface area contributed by atoms with Crippen molar-refractivity contribution in [2.24, 2.45) is 29.6 Å². The van der Waals surface area contributed by atoms with Crippen molar-refractivity contribution in [1.29, 1.82) is 0 Å². The van der Waals surface area contributed by atoms with Crippen molar-refractivity contribution < 1.29 is 53.1 Å². The Morgan fingerprint density at radius 3 is 2.23 bits per heavy atom. The fraction of sp³-hybridized carbons (Fsp3) is 0.760. The summed E-state index contributed by atoms with van der Waals surface area (Å²) in [6, 6.07) is -0.914. The highest BCUT2D eigenvalue weighted by Crippen LogP contribution is 2.34. The van der Waals surface area contributed by atoms with E-state index in [1.54, 1.807) is 21.3 Å². The molecule has 1 saturated carbocycles. The van der Waals surface area contributed by atoms with Crippen LogP contribution in [0.5, 0.6) is 0 Å². The van der Waals surface area contributed by atoms with Crippen LogP contribution in [0.2, 0.25) is 0 Å². The zero-order valence-corrected chi connectivity index (χ0v) is 39.2. The maximum absolute atomic E-state index is 14.3. The van der Waals surface area contributed by atoms with Gasteiger partial charge in [0.25, 0.3) is 5.91 Å². The van der Waals surface area contributed by atoms with E-state index in [1.807, 2.05) is 65.0 Å². The summed E-state index contributed by atoms with van der Waals surface area (Å²) in [5.74, 6) is -2.08. The third-order valence-electron chi connectivity index (χ3n) is 14.0. The van der Waals surface area contributed by atoms with Gasteiger partial charge in [-0.05, 0) is 113 Å². The number of nitrogens with zero attached hydrogens (tertiary/aromatic N) is 1. The first-order valence-electron chi connectivity index (χ1n) is 23.4. The molecule has 0 aromatic rings. The molecule has 1 amide bonds. The van der Waals surface area contributed by atoms with Crippen LogP contribution >= 0.6 is 0 Å². The Balaban J connectivity index is 1.63. The zero-order chi connectivity index (χ0) is 45.5. The minimum absolute atomic E-state index is 0.00249. The van der Waals surface area contributed by atoms with Crippen LogP contribution in [0.25, 0.3) is 0 Å². The van der Waals surface area contributed by atoms with E-state index in [9.17, 15) is 29.4 Å². The Hall–Kier alpha value is -3.00. The molecule has 4 rings (SSSR count). The highest BCUT2D eigenvalue weighted by molar-refractivity contribution is 6.38. The van der Waals surface area contributed by atoms with E-state index in [4.69, 9.17) is 23.7 Å². The van der Waals surface area contributed by atoms with E-state index in [1.165, 1.54) is 4.90 Å². The number of hydrogen-bond acceptors (Lipinski definition) is 11. The van der Waals surface area contributed by atoms with Crippen LogP contribution in [0.4, 0.5) is 0 Å². The number of methoxy groups -OCH3 is 3. The Morgan fingerprint density at radius 1 is 0.774 bits per heavy atom. The van der Waals surface area contributed by atoms with Gasteiger partial charge in [-0.25, -0.2) is 4.79 Å². The molecule has 12 heteroatoms. The number of piperidine rings is 1. The van der Waals surface area contributed by atoms with Crippen molar-refractivity contribution in [2.75, 3.05) is 27.9 Å². The maximum atomic E-state index is 14.3. The number of esters is 1. The number of ketones is 2. The van der Waals surface area contributed by atoms with Crippen molar-refractivity contribution in [1.82, 2.24) is 4.90 Å². The normalized spacial score (nSPS) is 38.7. The van der Waals surface area contributed by atoms with E-state index in [-0.39, 0.29) is 66.7 Å². The van der Waals surface area contributed by atoms with Gasteiger partial charge in [0.2, 0.25) is 5.78 Å². The Bertz CT molecular complexity index is 1590. The van der Waals surface area contributed by atoms with Gasteiger partial charge >= 0.3 is 5.97 Å². The molecule has 350 valence electrons. The molecular formula is C50H79NO11. The number of allylic oxidation sites excluding steroid dienone is 5. The monoisotopic (exact) mass is 870 g/mol. The first-order valence-corrected chi connectivity index (χ1v) is 23.4. The number of fused-ring (bicyclic) bond motifs is 3. The quantitative estimate of drug-likeness (QED) is 0.155. The van der Waals surface area contributed by atoms with Crippen molar-refractivity contribution in [2.45, 2.75) is 186 Å². The maximum Gasteiger partial charge on any atom is 0.329 e. The fourth-order valence-electron chi connectivity index (χ4n) is 9.86. The number of ether oxygens (including phenoxy) is 5. The number of cyclic esters (lactones) is 1. The number of carbonyl (C=O) groups excluding carboxylic acids is 4. The molecule has 3 fully saturated rings. The fourth-order valence-corrected chi connectivity index (χ4v) is 9.86. The lowest BCUT2D eigenvalue weighted by molar-refractivity contribution is -0.169. The van der Waals surface area contributed by atoms with E-state index in [2.05, 4.69) is 13.0 Å². The first-order chi connectivity index (χ1) is 29.6. The number of hydrogen-bond donors (Lipinski definition) is 2.